The first-order valence-electron chi connectivity index (χ1n) is 6.18. The molecule has 104 valence electrons. The van der Waals surface area contributed by atoms with Crippen LogP contribution < -0.4 is 4.74 Å². The average Bonchev–Trinajstić information content (AvgIpc) is 2.75. The van der Waals surface area contributed by atoms with Crippen LogP contribution in [0.5, 0.6) is 5.75 Å². The van der Waals surface area contributed by atoms with Crippen molar-refractivity contribution < 1.29 is 13.2 Å². The fourth-order valence-corrected chi connectivity index (χ4v) is 3.11. The molecule has 1 aromatic heterocycles. The van der Waals surface area contributed by atoms with Crippen LogP contribution in [0.25, 0.3) is 10.9 Å². The van der Waals surface area contributed by atoms with E-state index in [-0.39, 0.29) is 4.90 Å². The summed E-state index contributed by atoms with van der Waals surface area (Å²) < 4.78 is 30.9. The highest BCUT2D eigenvalue weighted by Crippen LogP contribution is 2.35. The van der Waals surface area contributed by atoms with Crippen molar-refractivity contribution in [3.8, 4) is 5.75 Å². The summed E-state index contributed by atoms with van der Waals surface area (Å²) in [5.41, 5.74) is 0.815. The number of ether oxygens (including phenoxy) is 1. The van der Waals surface area contributed by atoms with E-state index >= 15 is 0 Å². The van der Waals surface area contributed by atoms with Gasteiger partial charge in [-0.05, 0) is 25.5 Å². The van der Waals surface area contributed by atoms with Crippen LogP contribution in [0.3, 0.4) is 0 Å². The van der Waals surface area contributed by atoms with Crippen molar-refractivity contribution >= 4 is 30.6 Å². The van der Waals surface area contributed by atoms with Gasteiger partial charge in [-0.15, -0.1) is 0 Å². The Morgan fingerprint density at radius 1 is 1.32 bits per heavy atom. The zero-order valence-corrected chi connectivity index (χ0v) is 12.5. The zero-order chi connectivity index (χ0) is 14.0. The third-order valence-corrected chi connectivity index (χ3v) is 4.23. The maximum Gasteiger partial charge on any atom is 0.263 e. The molecular formula is C13H16ClNO3S. The molecule has 2 rings (SSSR count). The molecule has 0 atom stereocenters. The number of hydrogen-bond donors (Lipinski definition) is 0. The Morgan fingerprint density at radius 3 is 2.63 bits per heavy atom. The Kier molecular flexibility index (Phi) is 4.06. The minimum atomic E-state index is -3.79. The van der Waals surface area contributed by atoms with Crippen molar-refractivity contribution in [3.05, 3.63) is 24.4 Å². The van der Waals surface area contributed by atoms with Crippen LogP contribution in [0, 0.1) is 0 Å². The summed E-state index contributed by atoms with van der Waals surface area (Å²) in [6, 6.07) is 5.48. The van der Waals surface area contributed by atoms with Crippen LogP contribution in [0.4, 0.5) is 0 Å². The van der Waals surface area contributed by atoms with Gasteiger partial charge in [0.15, 0.2) is 0 Å². The van der Waals surface area contributed by atoms with E-state index in [1.54, 1.807) is 12.3 Å². The molecule has 0 aliphatic carbocycles. The van der Waals surface area contributed by atoms with Gasteiger partial charge in [-0.3, -0.25) is 0 Å². The van der Waals surface area contributed by atoms with Crippen molar-refractivity contribution in [2.75, 3.05) is 6.61 Å². The standard InChI is InChI=1S/C13H16ClNO3S/c1-3-8-18-11-7-5-6-10-13(11)12(19(14,16)17)9-15(10)4-2/h5-7,9H,3-4,8H2,1-2H3. The molecule has 0 aliphatic heterocycles. The number of halogens is 1. The van der Waals surface area contributed by atoms with Crippen molar-refractivity contribution in [2.45, 2.75) is 31.7 Å². The Morgan fingerprint density at radius 2 is 2.05 bits per heavy atom. The molecule has 0 N–H and O–H groups in total. The first-order chi connectivity index (χ1) is 8.99. The number of aryl methyl sites for hydroxylation is 1. The molecule has 0 fully saturated rings. The summed E-state index contributed by atoms with van der Waals surface area (Å²) >= 11 is 0. The Labute approximate surface area is 117 Å². The van der Waals surface area contributed by atoms with E-state index in [9.17, 15) is 8.42 Å². The van der Waals surface area contributed by atoms with Crippen LogP contribution in [-0.2, 0) is 15.6 Å². The quantitative estimate of drug-likeness (QED) is 0.796. The Bertz CT molecular complexity index is 691. The molecule has 19 heavy (non-hydrogen) atoms. The third kappa shape index (κ3) is 2.72. The number of rotatable bonds is 5. The van der Waals surface area contributed by atoms with E-state index in [2.05, 4.69) is 0 Å². The Balaban J connectivity index is 2.74. The maximum atomic E-state index is 11.7. The molecule has 2 aromatic rings. The van der Waals surface area contributed by atoms with Gasteiger partial charge in [0.2, 0.25) is 0 Å². The summed E-state index contributed by atoms with van der Waals surface area (Å²) in [7, 11) is 1.72. The number of aromatic nitrogens is 1. The smallest absolute Gasteiger partial charge is 0.263 e. The average molecular weight is 302 g/mol. The highest BCUT2D eigenvalue weighted by atomic mass is 35.7. The van der Waals surface area contributed by atoms with Gasteiger partial charge < -0.3 is 9.30 Å². The van der Waals surface area contributed by atoms with Gasteiger partial charge in [-0.25, -0.2) is 8.42 Å². The summed E-state index contributed by atoms with van der Waals surface area (Å²) in [4.78, 5) is 0.109. The summed E-state index contributed by atoms with van der Waals surface area (Å²) in [5.74, 6) is 0.561. The van der Waals surface area contributed by atoms with Gasteiger partial charge in [-0.2, -0.15) is 0 Å². The second-order valence-corrected chi connectivity index (χ2v) is 6.75. The number of nitrogens with zero attached hydrogens (tertiary/aromatic N) is 1. The van der Waals surface area contributed by atoms with Crippen LogP contribution in [-0.4, -0.2) is 19.6 Å². The molecule has 1 aromatic carbocycles. The minimum Gasteiger partial charge on any atom is -0.493 e. The lowest BCUT2D eigenvalue weighted by atomic mass is 10.2. The highest BCUT2D eigenvalue weighted by molar-refractivity contribution is 8.14. The monoisotopic (exact) mass is 301 g/mol. The molecule has 4 nitrogen and oxygen atoms in total. The molecule has 6 heteroatoms. The van der Waals surface area contributed by atoms with E-state index in [1.165, 1.54) is 0 Å². The molecule has 0 amide bonds. The second-order valence-electron chi connectivity index (χ2n) is 4.22. The highest BCUT2D eigenvalue weighted by Gasteiger charge is 2.21. The van der Waals surface area contributed by atoms with Crippen molar-refractivity contribution in [3.63, 3.8) is 0 Å². The molecule has 0 radical (unpaired) electrons. The number of fused-ring (bicyclic) bond motifs is 1. The fourth-order valence-electron chi connectivity index (χ4n) is 2.06. The van der Waals surface area contributed by atoms with E-state index in [4.69, 9.17) is 15.4 Å². The van der Waals surface area contributed by atoms with Gasteiger partial charge >= 0.3 is 0 Å². The van der Waals surface area contributed by atoms with Crippen LogP contribution >= 0.6 is 10.7 Å². The predicted molar refractivity (Wildman–Crippen MR) is 76.4 cm³/mol. The van der Waals surface area contributed by atoms with Gasteiger partial charge in [0.05, 0.1) is 17.5 Å². The minimum absolute atomic E-state index is 0.109. The lowest BCUT2D eigenvalue weighted by molar-refractivity contribution is 0.321. The van der Waals surface area contributed by atoms with Gasteiger partial charge in [0.1, 0.15) is 10.6 Å². The molecule has 0 spiro atoms. The number of benzene rings is 1. The summed E-state index contributed by atoms with van der Waals surface area (Å²) in [6.07, 6.45) is 2.42. The topological polar surface area (TPSA) is 48.3 Å². The second kappa shape index (κ2) is 5.43. The number of hydrogen-bond acceptors (Lipinski definition) is 3. The van der Waals surface area contributed by atoms with Crippen molar-refractivity contribution in [1.82, 2.24) is 4.57 Å². The van der Waals surface area contributed by atoms with Gasteiger partial charge in [0.25, 0.3) is 9.05 Å². The first-order valence-corrected chi connectivity index (χ1v) is 8.49. The Hall–Kier alpha value is -1.20. The van der Waals surface area contributed by atoms with E-state index < -0.39 is 9.05 Å². The normalized spacial score (nSPS) is 11.9. The summed E-state index contributed by atoms with van der Waals surface area (Å²) in [6.45, 7) is 5.15. The molecule has 0 bridgehead atoms. The molecule has 0 saturated carbocycles. The molecule has 0 aliphatic rings. The predicted octanol–water partition coefficient (Wildman–Crippen LogP) is 3.38. The van der Waals surface area contributed by atoms with Crippen LogP contribution in [0.2, 0.25) is 0 Å². The molecule has 1 heterocycles. The van der Waals surface area contributed by atoms with E-state index in [0.29, 0.717) is 24.3 Å². The fraction of sp³-hybridized carbons (Fsp3) is 0.385. The van der Waals surface area contributed by atoms with E-state index in [1.807, 2.05) is 30.5 Å². The molecule has 0 saturated heterocycles. The van der Waals surface area contributed by atoms with E-state index in [0.717, 1.165) is 11.9 Å². The third-order valence-electron chi connectivity index (χ3n) is 2.90. The lowest BCUT2D eigenvalue weighted by Crippen LogP contribution is -1.97. The van der Waals surface area contributed by atoms with Crippen LogP contribution in [0.1, 0.15) is 20.3 Å². The van der Waals surface area contributed by atoms with Gasteiger partial charge in [0, 0.05) is 23.4 Å². The summed E-state index contributed by atoms with van der Waals surface area (Å²) in [5, 5.41) is 0.563. The van der Waals surface area contributed by atoms with Crippen molar-refractivity contribution in [2.24, 2.45) is 0 Å². The maximum absolute atomic E-state index is 11.7. The molecule has 0 unspecified atom stereocenters. The lowest BCUT2D eigenvalue weighted by Gasteiger charge is -2.07. The molecular weight excluding hydrogens is 286 g/mol. The van der Waals surface area contributed by atoms with Gasteiger partial charge in [-0.1, -0.05) is 13.0 Å². The SMILES string of the molecule is CCCOc1cccc2c1c(S(=O)(=O)Cl)cn2CC. The largest absolute Gasteiger partial charge is 0.493 e. The first kappa shape index (κ1) is 14.2. The van der Waals surface area contributed by atoms with Crippen molar-refractivity contribution in [1.29, 1.82) is 0 Å². The zero-order valence-electron chi connectivity index (χ0n) is 10.9. The van der Waals surface area contributed by atoms with Crippen LogP contribution in [0.15, 0.2) is 29.3 Å².